The van der Waals surface area contributed by atoms with Crippen LogP contribution in [0.4, 0.5) is 0 Å². The third kappa shape index (κ3) is 5.19. The third-order valence-electron chi connectivity index (χ3n) is 5.23. The lowest BCUT2D eigenvalue weighted by Crippen LogP contribution is -2.45. The second-order valence-electron chi connectivity index (χ2n) is 6.95. The molecule has 0 aromatic carbocycles. The Bertz CT molecular complexity index is 611. The largest absolute Gasteiger partial charge is 0.469 e. The van der Waals surface area contributed by atoms with Crippen molar-refractivity contribution in [1.82, 2.24) is 0 Å². The van der Waals surface area contributed by atoms with Gasteiger partial charge in [-0.05, 0) is 12.8 Å². The average Bonchev–Trinajstić information content (AvgIpc) is 2.97. The number of ether oxygens (including phenoxy) is 3. The van der Waals surface area contributed by atoms with E-state index in [4.69, 9.17) is 4.74 Å². The standard InChI is InChI=1S/C20H30O8/c1-5-6-7-8-14(21)10-9-13-11-15(18(24)27-3)17(23)20(13,19(25)28-4)12-16(22)26-2/h9-10,13-15,21H,5-8,11-12H2,1-4H3. The number of aliphatic hydroxyl groups is 1. The van der Waals surface area contributed by atoms with Crippen LogP contribution >= 0.6 is 0 Å². The highest BCUT2D eigenvalue weighted by Crippen LogP contribution is 2.48. The minimum atomic E-state index is -1.89. The van der Waals surface area contributed by atoms with Crippen LogP contribution in [0.3, 0.4) is 0 Å². The van der Waals surface area contributed by atoms with Gasteiger partial charge in [0.15, 0.2) is 5.78 Å². The first-order chi connectivity index (χ1) is 13.3. The Labute approximate surface area is 165 Å². The molecule has 158 valence electrons. The summed E-state index contributed by atoms with van der Waals surface area (Å²) < 4.78 is 14.1. The predicted octanol–water partition coefficient (Wildman–Crippen LogP) is 1.58. The second-order valence-corrected chi connectivity index (χ2v) is 6.95. The van der Waals surface area contributed by atoms with Gasteiger partial charge in [0.1, 0.15) is 11.3 Å². The van der Waals surface area contributed by atoms with Gasteiger partial charge in [-0.25, -0.2) is 0 Å². The summed E-state index contributed by atoms with van der Waals surface area (Å²) >= 11 is 0. The van der Waals surface area contributed by atoms with Crippen LogP contribution in [0.5, 0.6) is 0 Å². The van der Waals surface area contributed by atoms with Gasteiger partial charge in [-0.15, -0.1) is 0 Å². The normalized spacial score (nSPS) is 25.5. The number of esters is 3. The van der Waals surface area contributed by atoms with Crippen molar-refractivity contribution < 1.29 is 38.5 Å². The Morgan fingerprint density at radius 3 is 2.39 bits per heavy atom. The van der Waals surface area contributed by atoms with Gasteiger partial charge < -0.3 is 19.3 Å². The predicted molar refractivity (Wildman–Crippen MR) is 99.0 cm³/mol. The molecule has 0 bridgehead atoms. The Morgan fingerprint density at radius 1 is 1.18 bits per heavy atom. The first-order valence-corrected chi connectivity index (χ1v) is 9.42. The highest BCUT2D eigenvalue weighted by Gasteiger charge is 2.62. The van der Waals surface area contributed by atoms with E-state index in [-0.39, 0.29) is 6.42 Å². The first kappa shape index (κ1) is 23.8. The zero-order valence-electron chi connectivity index (χ0n) is 16.9. The minimum absolute atomic E-state index is 0.0181. The van der Waals surface area contributed by atoms with Gasteiger partial charge in [0, 0.05) is 5.92 Å². The van der Waals surface area contributed by atoms with Crippen LogP contribution in [0.1, 0.15) is 45.4 Å². The number of hydrogen-bond donors (Lipinski definition) is 1. The number of rotatable bonds is 10. The molecule has 0 spiro atoms. The first-order valence-electron chi connectivity index (χ1n) is 9.42. The number of carbonyl (C=O) groups excluding carboxylic acids is 4. The zero-order valence-corrected chi connectivity index (χ0v) is 16.9. The highest BCUT2D eigenvalue weighted by molar-refractivity contribution is 6.15. The van der Waals surface area contributed by atoms with Crippen LogP contribution in [0, 0.1) is 17.3 Å². The van der Waals surface area contributed by atoms with Crippen molar-refractivity contribution in [1.29, 1.82) is 0 Å². The fourth-order valence-corrected chi connectivity index (χ4v) is 3.63. The summed E-state index contributed by atoms with van der Waals surface area (Å²) in [5.74, 6) is -5.19. The molecule has 0 aliphatic heterocycles. The molecular formula is C20H30O8. The van der Waals surface area contributed by atoms with Crippen molar-refractivity contribution in [2.45, 2.75) is 51.6 Å². The van der Waals surface area contributed by atoms with E-state index in [1.165, 1.54) is 12.2 Å². The van der Waals surface area contributed by atoms with Crippen LogP contribution in [-0.4, -0.2) is 56.2 Å². The van der Waals surface area contributed by atoms with E-state index in [9.17, 15) is 24.3 Å². The summed E-state index contributed by atoms with van der Waals surface area (Å²) in [6, 6.07) is 0. The van der Waals surface area contributed by atoms with E-state index in [0.717, 1.165) is 40.6 Å². The van der Waals surface area contributed by atoms with Gasteiger partial charge in [-0.3, -0.25) is 19.2 Å². The van der Waals surface area contributed by atoms with E-state index in [1.54, 1.807) is 0 Å². The molecule has 1 aliphatic carbocycles. The van der Waals surface area contributed by atoms with E-state index in [2.05, 4.69) is 16.4 Å². The molecule has 0 radical (unpaired) electrons. The van der Waals surface area contributed by atoms with E-state index >= 15 is 0 Å². The van der Waals surface area contributed by atoms with Crippen molar-refractivity contribution >= 4 is 23.7 Å². The fourth-order valence-electron chi connectivity index (χ4n) is 3.63. The summed E-state index contributed by atoms with van der Waals surface area (Å²) in [6.45, 7) is 2.05. The number of Topliss-reactive ketones (excluding diaryl/α,β-unsaturated/α-hetero) is 1. The number of methoxy groups -OCH3 is 3. The monoisotopic (exact) mass is 398 g/mol. The van der Waals surface area contributed by atoms with E-state index in [0.29, 0.717) is 6.42 Å². The van der Waals surface area contributed by atoms with Crippen LogP contribution in [-0.2, 0) is 33.4 Å². The van der Waals surface area contributed by atoms with Crippen LogP contribution in [0.15, 0.2) is 12.2 Å². The third-order valence-corrected chi connectivity index (χ3v) is 5.23. The maximum Gasteiger partial charge on any atom is 0.320 e. The van der Waals surface area contributed by atoms with Gasteiger partial charge >= 0.3 is 17.9 Å². The summed E-state index contributed by atoms with van der Waals surface area (Å²) in [5.41, 5.74) is -1.89. The average molecular weight is 398 g/mol. The van der Waals surface area contributed by atoms with E-state index in [1.807, 2.05) is 0 Å². The highest BCUT2D eigenvalue weighted by atomic mass is 16.5. The van der Waals surface area contributed by atoms with Crippen LogP contribution in [0.2, 0.25) is 0 Å². The maximum atomic E-state index is 13.0. The molecule has 8 nitrogen and oxygen atoms in total. The number of unbranched alkanes of at least 4 members (excludes halogenated alkanes) is 2. The van der Waals surface area contributed by atoms with Gasteiger partial charge in [-0.1, -0.05) is 38.3 Å². The van der Waals surface area contributed by atoms with Crippen molar-refractivity contribution in [3.8, 4) is 0 Å². The Kier molecular flexibility index (Phi) is 9.31. The smallest absolute Gasteiger partial charge is 0.320 e. The molecular weight excluding hydrogens is 368 g/mol. The van der Waals surface area contributed by atoms with Crippen molar-refractivity contribution in [3.05, 3.63) is 12.2 Å². The topological polar surface area (TPSA) is 116 Å². The molecule has 4 unspecified atom stereocenters. The lowest BCUT2D eigenvalue weighted by molar-refractivity contribution is -0.166. The van der Waals surface area contributed by atoms with E-state index < -0.39 is 53.5 Å². The lowest BCUT2D eigenvalue weighted by Gasteiger charge is -2.28. The molecule has 0 amide bonds. The Balaban J connectivity index is 3.25. The minimum Gasteiger partial charge on any atom is -0.469 e. The number of ketones is 1. The molecule has 1 fully saturated rings. The molecule has 28 heavy (non-hydrogen) atoms. The molecule has 0 saturated heterocycles. The molecule has 0 aromatic rings. The SMILES string of the molecule is CCCCCC(O)C=CC1CC(C(=O)OC)C(=O)C1(CC(=O)OC)C(=O)OC. The molecule has 1 N–H and O–H groups in total. The van der Waals surface area contributed by atoms with Crippen molar-refractivity contribution in [3.63, 3.8) is 0 Å². The molecule has 1 rings (SSSR count). The molecule has 4 atom stereocenters. The van der Waals surface area contributed by atoms with Gasteiger partial charge in [-0.2, -0.15) is 0 Å². The van der Waals surface area contributed by atoms with Gasteiger partial charge in [0.2, 0.25) is 0 Å². The van der Waals surface area contributed by atoms with Crippen molar-refractivity contribution in [2.75, 3.05) is 21.3 Å². The Morgan fingerprint density at radius 2 is 1.86 bits per heavy atom. The van der Waals surface area contributed by atoms with Gasteiger partial charge in [0.25, 0.3) is 0 Å². The summed E-state index contributed by atoms with van der Waals surface area (Å²) in [6.07, 6.45) is 5.06. The van der Waals surface area contributed by atoms with Crippen molar-refractivity contribution in [2.24, 2.45) is 17.3 Å². The molecule has 0 heterocycles. The molecule has 8 heteroatoms. The Hall–Kier alpha value is -2.22. The quantitative estimate of drug-likeness (QED) is 0.194. The number of aliphatic hydroxyl groups excluding tert-OH is 1. The summed E-state index contributed by atoms with van der Waals surface area (Å²) in [7, 11) is 3.41. The van der Waals surface area contributed by atoms with Crippen LogP contribution in [0.25, 0.3) is 0 Å². The number of carbonyl (C=O) groups is 4. The summed E-state index contributed by atoms with van der Waals surface area (Å²) in [5, 5.41) is 10.1. The number of hydrogen-bond acceptors (Lipinski definition) is 8. The fraction of sp³-hybridized carbons (Fsp3) is 0.700. The maximum absolute atomic E-state index is 13.0. The molecule has 1 aliphatic rings. The molecule has 0 aromatic heterocycles. The second kappa shape index (κ2) is 10.9. The molecule has 1 saturated carbocycles. The zero-order chi connectivity index (χ0) is 21.3. The lowest BCUT2D eigenvalue weighted by atomic mass is 9.73. The summed E-state index contributed by atoms with van der Waals surface area (Å²) in [4.78, 5) is 49.7. The number of allylic oxidation sites excluding steroid dienone is 1. The van der Waals surface area contributed by atoms with Crippen LogP contribution < -0.4 is 0 Å². The van der Waals surface area contributed by atoms with Gasteiger partial charge in [0.05, 0.1) is 33.9 Å².